The number of amides is 3. The molecule has 0 radical (unpaired) electrons. The second-order valence-corrected chi connectivity index (χ2v) is 12.5. The normalized spacial score (nSPS) is 18.9. The Labute approximate surface area is 275 Å². The van der Waals surface area contributed by atoms with E-state index in [1.807, 2.05) is 11.8 Å². The molecule has 3 amide bonds. The van der Waals surface area contributed by atoms with E-state index >= 15 is 0 Å². The number of rotatable bonds is 26. The summed E-state index contributed by atoms with van der Waals surface area (Å²) in [7, 11) is 0. The number of thioether (sulfide) groups is 1. The molecule has 1 aromatic rings. The highest BCUT2D eigenvalue weighted by Crippen LogP contribution is 2.37. The quantitative estimate of drug-likeness (QED) is 0.0842. The summed E-state index contributed by atoms with van der Waals surface area (Å²) in [5.41, 5.74) is 0. The van der Waals surface area contributed by atoms with Crippen LogP contribution in [0.4, 0.5) is 4.79 Å². The Hall–Kier alpha value is -2.72. The van der Waals surface area contributed by atoms with E-state index in [9.17, 15) is 24.6 Å². The van der Waals surface area contributed by atoms with Crippen LogP contribution in [0.2, 0.25) is 0 Å². The molecular weight excluding hydrogens is 620 g/mol. The van der Waals surface area contributed by atoms with E-state index in [-0.39, 0.29) is 48.8 Å². The van der Waals surface area contributed by atoms with Crippen LogP contribution < -0.4 is 15.5 Å². The molecule has 0 aliphatic carbocycles. The van der Waals surface area contributed by atoms with Crippen molar-refractivity contribution in [3.63, 3.8) is 0 Å². The minimum atomic E-state index is -0.661. The molecule has 1 aromatic heterocycles. The van der Waals surface area contributed by atoms with Gasteiger partial charge in [-0.25, -0.2) is 9.59 Å². The second-order valence-electron chi connectivity index (χ2n) is 11.3. The van der Waals surface area contributed by atoms with Crippen LogP contribution in [0.25, 0.3) is 0 Å². The highest BCUT2D eigenvalue weighted by atomic mass is 32.2. The number of carbonyl (C=O) groups is 3. The summed E-state index contributed by atoms with van der Waals surface area (Å²) in [5.74, 6) is -0.413. The number of ether oxygens (including phenoxy) is 4. The van der Waals surface area contributed by atoms with E-state index in [0.29, 0.717) is 69.2 Å². The van der Waals surface area contributed by atoms with Crippen molar-refractivity contribution in [1.29, 1.82) is 0 Å². The molecule has 0 saturated carbocycles. The van der Waals surface area contributed by atoms with Crippen LogP contribution in [0, 0.1) is 0 Å². The first-order valence-corrected chi connectivity index (χ1v) is 17.5. The first kappa shape index (κ1) is 37.7. The summed E-state index contributed by atoms with van der Waals surface area (Å²) >= 11 is 1.96. The van der Waals surface area contributed by atoms with Crippen LogP contribution >= 0.6 is 11.8 Å². The molecule has 3 unspecified atom stereocenters. The molecule has 0 spiro atoms. The standard InChI is InChI=1S/C31H52N4O10S/c1-2-3-4-7-14-34-30-24(33-31(34)40)23-46-25(30)8-5-6-9-26(36)32-13-16-42-18-20-44-22-21-43-19-17-41-15-12-29(39)45-35-27(37)10-11-28(35)38/h10-11,24-25,30,37-38H,2-9,12-23H2,1H3,(H,32,36)(H,33,40). The first-order chi connectivity index (χ1) is 22.4. The minimum absolute atomic E-state index is 0.0330. The smallest absolute Gasteiger partial charge is 0.335 e. The maximum Gasteiger partial charge on any atom is 0.335 e. The molecule has 2 saturated heterocycles. The third-order valence-electron chi connectivity index (χ3n) is 7.73. The van der Waals surface area contributed by atoms with Gasteiger partial charge in [-0.05, 0) is 19.3 Å². The number of nitrogens with one attached hydrogen (secondary N) is 2. The molecule has 4 N–H and O–H groups in total. The Morgan fingerprint density at radius 3 is 2.22 bits per heavy atom. The van der Waals surface area contributed by atoms with E-state index in [1.165, 1.54) is 31.4 Å². The van der Waals surface area contributed by atoms with Gasteiger partial charge in [0.05, 0.1) is 71.4 Å². The topological polar surface area (TPSA) is 170 Å². The Morgan fingerprint density at radius 2 is 1.54 bits per heavy atom. The number of urea groups is 1. The molecule has 0 aromatic carbocycles. The van der Waals surface area contributed by atoms with E-state index < -0.39 is 5.97 Å². The molecule has 14 nitrogen and oxygen atoms in total. The van der Waals surface area contributed by atoms with Gasteiger partial charge in [-0.3, -0.25) is 4.79 Å². The number of aromatic hydroxyl groups is 2. The van der Waals surface area contributed by atoms with Crippen molar-refractivity contribution in [3.8, 4) is 11.8 Å². The summed E-state index contributed by atoms with van der Waals surface area (Å²) in [4.78, 5) is 43.2. The molecule has 15 heteroatoms. The van der Waals surface area contributed by atoms with Crippen LogP contribution in [0.15, 0.2) is 12.1 Å². The van der Waals surface area contributed by atoms with Crippen LogP contribution in [0.5, 0.6) is 11.8 Å². The van der Waals surface area contributed by atoms with Gasteiger partial charge in [0.2, 0.25) is 17.7 Å². The number of hydrogen-bond acceptors (Lipinski definition) is 11. The lowest BCUT2D eigenvalue weighted by molar-refractivity contribution is -0.146. The summed E-state index contributed by atoms with van der Waals surface area (Å²) < 4.78 is 22.3. The molecule has 3 rings (SSSR count). The third kappa shape index (κ3) is 13.6. The van der Waals surface area contributed by atoms with Gasteiger partial charge in [-0.1, -0.05) is 32.6 Å². The van der Waals surface area contributed by atoms with Crippen molar-refractivity contribution >= 4 is 29.7 Å². The zero-order valence-corrected chi connectivity index (χ0v) is 27.8. The van der Waals surface area contributed by atoms with Gasteiger partial charge in [0.1, 0.15) is 0 Å². The number of unbranched alkanes of at least 4 members (excludes halogenated alkanes) is 4. The van der Waals surface area contributed by atoms with Crippen LogP contribution in [-0.4, -0.2) is 127 Å². The van der Waals surface area contributed by atoms with Crippen LogP contribution in [0.1, 0.15) is 64.7 Å². The molecule has 262 valence electrons. The molecule has 3 heterocycles. The van der Waals surface area contributed by atoms with Crippen molar-refractivity contribution in [2.45, 2.75) is 82.0 Å². The summed E-state index contributed by atoms with van der Waals surface area (Å²) in [6.07, 6.45) is 7.92. The number of aromatic nitrogens is 1. The number of hydrogen-bond donors (Lipinski definition) is 4. The summed E-state index contributed by atoms with van der Waals surface area (Å²) in [6.45, 7) is 6.28. The fourth-order valence-corrected chi connectivity index (χ4v) is 6.96. The van der Waals surface area contributed by atoms with Gasteiger partial charge in [0.25, 0.3) is 0 Å². The minimum Gasteiger partial charge on any atom is -0.492 e. The number of fused-ring (bicyclic) bond motifs is 1. The highest BCUT2D eigenvalue weighted by Gasteiger charge is 2.47. The molecule has 2 aliphatic heterocycles. The van der Waals surface area contributed by atoms with Gasteiger partial charge >= 0.3 is 12.0 Å². The molecule has 2 aliphatic rings. The van der Waals surface area contributed by atoms with E-state index in [1.54, 1.807) is 0 Å². The zero-order chi connectivity index (χ0) is 33.0. The molecule has 46 heavy (non-hydrogen) atoms. The van der Waals surface area contributed by atoms with Gasteiger partial charge in [0.15, 0.2) is 0 Å². The zero-order valence-electron chi connectivity index (χ0n) is 27.0. The lowest BCUT2D eigenvalue weighted by atomic mass is 10.0. The largest absolute Gasteiger partial charge is 0.492 e. The predicted molar refractivity (Wildman–Crippen MR) is 172 cm³/mol. The average molecular weight is 673 g/mol. The third-order valence-corrected chi connectivity index (χ3v) is 9.23. The van der Waals surface area contributed by atoms with Crippen molar-refractivity contribution in [2.24, 2.45) is 0 Å². The fraction of sp³-hybridized carbons (Fsp3) is 0.774. The number of carbonyl (C=O) groups excluding carboxylic acids is 3. The lowest BCUT2D eigenvalue weighted by Crippen LogP contribution is -2.41. The van der Waals surface area contributed by atoms with E-state index in [2.05, 4.69) is 22.5 Å². The molecule has 2 fully saturated rings. The SMILES string of the molecule is CCCCCCN1C(=O)NC2CSC(CCCCC(=O)NCCOCCOCCOCCOCCC(=O)On3c(O)ccc3O)C21. The Balaban J connectivity index is 1.06. The highest BCUT2D eigenvalue weighted by molar-refractivity contribution is 8.00. The van der Waals surface area contributed by atoms with Gasteiger partial charge in [-0.2, -0.15) is 11.8 Å². The summed E-state index contributed by atoms with van der Waals surface area (Å²) in [5, 5.41) is 25.4. The van der Waals surface area contributed by atoms with Gasteiger partial charge in [-0.15, -0.1) is 4.73 Å². The monoisotopic (exact) mass is 672 g/mol. The van der Waals surface area contributed by atoms with Crippen LogP contribution in [0.3, 0.4) is 0 Å². The molecule has 3 atom stereocenters. The van der Waals surface area contributed by atoms with Crippen molar-refractivity contribution in [1.82, 2.24) is 20.3 Å². The van der Waals surface area contributed by atoms with E-state index in [4.69, 9.17) is 23.8 Å². The Kier molecular flexibility index (Phi) is 18.0. The second kappa shape index (κ2) is 22.0. The van der Waals surface area contributed by atoms with E-state index in [0.717, 1.165) is 38.0 Å². The van der Waals surface area contributed by atoms with Crippen LogP contribution in [-0.2, 0) is 28.5 Å². The van der Waals surface area contributed by atoms with Crippen molar-refractivity contribution < 1.29 is 48.4 Å². The van der Waals surface area contributed by atoms with Crippen molar-refractivity contribution in [3.05, 3.63) is 12.1 Å². The predicted octanol–water partition coefficient (Wildman–Crippen LogP) is 2.45. The first-order valence-electron chi connectivity index (χ1n) is 16.5. The number of nitrogens with zero attached hydrogens (tertiary/aromatic N) is 2. The van der Waals surface area contributed by atoms with Gasteiger partial charge < -0.3 is 49.5 Å². The maximum absolute atomic E-state index is 12.5. The van der Waals surface area contributed by atoms with Crippen molar-refractivity contribution in [2.75, 3.05) is 71.7 Å². The fourth-order valence-electron chi connectivity index (χ4n) is 5.36. The maximum atomic E-state index is 12.5. The Morgan fingerprint density at radius 1 is 0.891 bits per heavy atom. The Bertz CT molecular complexity index is 1030. The lowest BCUT2D eigenvalue weighted by Gasteiger charge is -2.27. The molecular formula is C31H52N4O10S. The van der Waals surface area contributed by atoms with Gasteiger partial charge in [0, 0.05) is 42.6 Å². The summed E-state index contributed by atoms with van der Waals surface area (Å²) in [6, 6.07) is 3.03. The average Bonchev–Trinajstić information content (AvgIpc) is 3.68. The molecule has 0 bridgehead atoms.